The van der Waals surface area contributed by atoms with Crippen LogP contribution in [0.5, 0.6) is 17.2 Å². The molecular weight excluding hydrogens is 566 g/mol. The molecule has 3 aromatic carbocycles. The number of ether oxygens (including phenoxy) is 3. The first kappa shape index (κ1) is 33.9. The van der Waals surface area contributed by atoms with E-state index in [1.165, 1.54) is 5.56 Å². The number of nitrogens with zero attached hydrogens (tertiary/aromatic N) is 1. The minimum Gasteiger partial charge on any atom is -0.497 e. The largest absolute Gasteiger partial charge is 0.497 e. The van der Waals surface area contributed by atoms with Crippen LogP contribution in [0.1, 0.15) is 79.0 Å². The van der Waals surface area contributed by atoms with Crippen molar-refractivity contribution >= 4 is 11.6 Å². The Bertz CT molecular complexity index is 1360. The zero-order chi connectivity index (χ0) is 31.9. The summed E-state index contributed by atoms with van der Waals surface area (Å²) in [6.07, 6.45) is 6.61. The average molecular weight is 614 g/mol. The standard InChI is InChI=1S/C38H47NO6/c1-29-10-18-35(19-11-29)44-26-7-27-45-36-22-15-31(16-23-36)38(42)32(28-39-24-5-6-25-39)12-17-33(40)8-3-4-9-37(41)30-13-20-34(43-2)21-14-30/h10-16,18-23,38,42H,3-9,17,24-28H2,1-2H3/b32-12-. The van der Waals surface area contributed by atoms with Crippen molar-refractivity contribution in [2.75, 3.05) is 40.0 Å². The highest BCUT2D eigenvalue weighted by Crippen LogP contribution is 2.26. The van der Waals surface area contributed by atoms with Crippen LogP contribution in [0.3, 0.4) is 0 Å². The lowest BCUT2D eigenvalue weighted by Gasteiger charge is -2.22. The molecule has 0 radical (unpaired) electrons. The summed E-state index contributed by atoms with van der Waals surface area (Å²) in [5.74, 6) is 2.51. The first-order valence-corrected chi connectivity index (χ1v) is 16.1. The van der Waals surface area contributed by atoms with Crippen LogP contribution in [0.15, 0.2) is 84.4 Å². The Morgan fingerprint density at radius 1 is 0.800 bits per heavy atom. The van der Waals surface area contributed by atoms with Crippen LogP contribution in [-0.2, 0) is 4.79 Å². The van der Waals surface area contributed by atoms with Crippen molar-refractivity contribution in [3.63, 3.8) is 0 Å². The molecule has 0 bridgehead atoms. The molecule has 7 nitrogen and oxygen atoms in total. The van der Waals surface area contributed by atoms with Gasteiger partial charge in [0, 0.05) is 37.8 Å². The third kappa shape index (κ3) is 11.5. The lowest BCUT2D eigenvalue weighted by molar-refractivity contribution is -0.118. The van der Waals surface area contributed by atoms with Crippen molar-refractivity contribution in [2.45, 2.75) is 64.4 Å². The molecule has 0 amide bonds. The summed E-state index contributed by atoms with van der Waals surface area (Å²) >= 11 is 0. The molecule has 1 heterocycles. The van der Waals surface area contributed by atoms with E-state index in [1.807, 2.05) is 54.6 Å². The monoisotopic (exact) mass is 613 g/mol. The molecule has 0 aliphatic carbocycles. The van der Waals surface area contributed by atoms with Gasteiger partial charge < -0.3 is 19.3 Å². The van der Waals surface area contributed by atoms with Crippen molar-refractivity contribution in [3.8, 4) is 17.2 Å². The molecule has 0 spiro atoms. The second kappa shape index (κ2) is 18.1. The van der Waals surface area contributed by atoms with Crippen molar-refractivity contribution in [3.05, 3.63) is 101 Å². The normalized spacial score (nSPS) is 14.2. The number of hydrogen-bond donors (Lipinski definition) is 1. The number of benzene rings is 3. The lowest BCUT2D eigenvalue weighted by Crippen LogP contribution is -2.24. The highest BCUT2D eigenvalue weighted by Gasteiger charge is 2.20. The number of methoxy groups -OCH3 is 1. The van der Waals surface area contributed by atoms with Crippen molar-refractivity contribution in [2.24, 2.45) is 0 Å². The number of allylic oxidation sites excluding steroid dienone is 1. The molecule has 45 heavy (non-hydrogen) atoms. The van der Waals surface area contributed by atoms with E-state index in [0.29, 0.717) is 51.0 Å². The summed E-state index contributed by atoms with van der Waals surface area (Å²) in [5.41, 5.74) is 3.49. The Labute approximate surface area is 267 Å². The highest BCUT2D eigenvalue weighted by molar-refractivity contribution is 5.96. The number of aliphatic hydroxyl groups excluding tert-OH is 1. The number of rotatable bonds is 19. The Balaban J connectivity index is 1.22. The number of aliphatic hydroxyl groups is 1. The second-order valence-electron chi connectivity index (χ2n) is 11.7. The number of carbonyl (C=O) groups is 2. The van der Waals surface area contributed by atoms with Crippen LogP contribution in [0.4, 0.5) is 0 Å². The Hall–Kier alpha value is -3.94. The molecular formula is C38H47NO6. The summed E-state index contributed by atoms with van der Waals surface area (Å²) in [5, 5.41) is 11.3. The molecule has 1 saturated heterocycles. The fourth-order valence-corrected chi connectivity index (χ4v) is 5.37. The average Bonchev–Trinajstić information content (AvgIpc) is 3.59. The molecule has 1 unspecified atom stereocenters. The van der Waals surface area contributed by atoms with Crippen LogP contribution in [0, 0.1) is 6.92 Å². The van der Waals surface area contributed by atoms with E-state index >= 15 is 0 Å². The first-order valence-electron chi connectivity index (χ1n) is 16.1. The van der Waals surface area contributed by atoms with E-state index in [9.17, 15) is 14.7 Å². The lowest BCUT2D eigenvalue weighted by atomic mass is 9.98. The summed E-state index contributed by atoms with van der Waals surface area (Å²) in [4.78, 5) is 27.5. The highest BCUT2D eigenvalue weighted by atomic mass is 16.5. The predicted molar refractivity (Wildman–Crippen MR) is 177 cm³/mol. The van der Waals surface area contributed by atoms with Crippen LogP contribution in [0.2, 0.25) is 0 Å². The molecule has 1 atom stereocenters. The minimum absolute atomic E-state index is 0.0737. The summed E-state index contributed by atoms with van der Waals surface area (Å²) in [6.45, 7) is 5.80. The molecule has 7 heteroatoms. The van der Waals surface area contributed by atoms with Gasteiger partial charge in [0.15, 0.2) is 5.78 Å². The van der Waals surface area contributed by atoms with Gasteiger partial charge in [-0.3, -0.25) is 14.5 Å². The van der Waals surface area contributed by atoms with Crippen LogP contribution >= 0.6 is 0 Å². The smallest absolute Gasteiger partial charge is 0.162 e. The van der Waals surface area contributed by atoms with Crippen LogP contribution < -0.4 is 14.2 Å². The fourth-order valence-electron chi connectivity index (χ4n) is 5.37. The maximum absolute atomic E-state index is 12.8. The van der Waals surface area contributed by atoms with Gasteiger partial charge in [-0.2, -0.15) is 0 Å². The number of aryl methyl sites for hydroxylation is 1. The van der Waals surface area contributed by atoms with E-state index < -0.39 is 6.10 Å². The molecule has 1 fully saturated rings. The number of ketones is 2. The number of unbranched alkanes of at least 4 members (excludes halogenated alkanes) is 1. The zero-order valence-electron chi connectivity index (χ0n) is 26.7. The minimum atomic E-state index is -0.794. The van der Waals surface area contributed by atoms with E-state index in [0.717, 1.165) is 60.7 Å². The number of carbonyl (C=O) groups excluding carboxylic acids is 2. The van der Waals surface area contributed by atoms with E-state index in [1.54, 1.807) is 31.4 Å². The SMILES string of the molecule is COc1ccc(C(=O)CCCCC(=O)C/C=C(/CN2CCCC2)C(O)c2ccc(OCCCOc3ccc(C)cc3)cc2)cc1. The maximum Gasteiger partial charge on any atom is 0.162 e. The van der Waals surface area contributed by atoms with E-state index in [-0.39, 0.29) is 18.0 Å². The Kier molecular flexibility index (Phi) is 13.7. The molecule has 240 valence electrons. The molecule has 1 aliphatic rings. The summed E-state index contributed by atoms with van der Waals surface area (Å²) in [6, 6.07) is 22.7. The third-order valence-electron chi connectivity index (χ3n) is 8.11. The molecule has 3 aromatic rings. The van der Waals surface area contributed by atoms with Crippen molar-refractivity contribution in [1.82, 2.24) is 4.90 Å². The van der Waals surface area contributed by atoms with Crippen LogP contribution in [0.25, 0.3) is 0 Å². The third-order valence-corrected chi connectivity index (χ3v) is 8.11. The fraction of sp³-hybridized carbons (Fsp3) is 0.421. The van der Waals surface area contributed by atoms with Crippen molar-refractivity contribution in [1.29, 1.82) is 0 Å². The van der Waals surface area contributed by atoms with Gasteiger partial charge in [0.1, 0.15) is 29.1 Å². The van der Waals surface area contributed by atoms with Crippen LogP contribution in [-0.4, -0.2) is 61.5 Å². The second-order valence-corrected chi connectivity index (χ2v) is 11.7. The number of Topliss-reactive ketones (excluding diaryl/α,β-unsaturated/α-hetero) is 2. The molecule has 0 saturated carbocycles. The molecule has 1 N–H and O–H groups in total. The number of hydrogen-bond acceptors (Lipinski definition) is 7. The first-order chi connectivity index (χ1) is 21.9. The summed E-state index contributed by atoms with van der Waals surface area (Å²) in [7, 11) is 1.60. The molecule has 1 aliphatic heterocycles. The maximum atomic E-state index is 12.8. The van der Waals surface area contributed by atoms with Gasteiger partial charge in [0.2, 0.25) is 0 Å². The molecule has 4 rings (SSSR count). The Morgan fingerprint density at radius 3 is 2.00 bits per heavy atom. The van der Waals surface area contributed by atoms with Gasteiger partial charge >= 0.3 is 0 Å². The number of likely N-dealkylation sites (tertiary alicyclic amines) is 1. The zero-order valence-corrected chi connectivity index (χ0v) is 26.7. The summed E-state index contributed by atoms with van der Waals surface area (Å²) < 4.78 is 16.8. The van der Waals surface area contributed by atoms with Gasteiger partial charge in [-0.05, 0) is 105 Å². The quantitative estimate of drug-likeness (QED) is 0.0862. The van der Waals surface area contributed by atoms with E-state index in [4.69, 9.17) is 14.2 Å². The van der Waals surface area contributed by atoms with Gasteiger partial charge in [-0.15, -0.1) is 0 Å². The van der Waals surface area contributed by atoms with E-state index in [2.05, 4.69) is 11.8 Å². The Morgan fingerprint density at radius 2 is 1.38 bits per heavy atom. The van der Waals surface area contributed by atoms with Gasteiger partial charge in [-0.1, -0.05) is 35.9 Å². The van der Waals surface area contributed by atoms with Gasteiger partial charge in [-0.25, -0.2) is 0 Å². The van der Waals surface area contributed by atoms with Gasteiger partial charge in [0.05, 0.1) is 20.3 Å². The molecule has 0 aromatic heterocycles. The van der Waals surface area contributed by atoms with Crippen molar-refractivity contribution < 1.29 is 28.9 Å². The predicted octanol–water partition coefficient (Wildman–Crippen LogP) is 7.31. The van der Waals surface area contributed by atoms with Gasteiger partial charge in [0.25, 0.3) is 0 Å². The topological polar surface area (TPSA) is 85.3 Å².